The summed E-state index contributed by atoms with van der Waals surface area (Å²) in [5.41, 5.74) is 3.18. The smallest absolute Gasteiger partial charge is 0.312 e. The van der Waals surface area contributed by atoms with Crippen molar-refractivity contribution in [1.82, 2.24) is 24.8 Å². The third-order valence-electron chi connectivity index (χ3n) is 15.2. The number of hydrogen-bond donors (Lipinski definition) is 3. The molecule has 1 amide bonds. The summed E-state index contributed by atoms with van der Waals surface area (Å²) in [6.07, 6.45) is 11.2. The van der Waals surface area contributed by atoms with Crippen molar-refractivity contribution in [3.63, 3.8) is 0 Å². The van der Waals surface area contributed by atoms with Crippen molar-refractivity contribution in [2.45, 2.75) is 108 Å². The van der Waals surface area contributed by atoms with Gasteiger partial charge in [0, 0.05) is 87.8 Å². The van der Waals surface area contributed by atoms with Crippen LogP contribution in [0.15, 0.2) is 84.1 Å². The molecule has 3 aromatic heterocycles. The monoisotopic (exact) mass is 946 g/mol. The Kier molecular flexibility index (Phi) is 13.1. The number of nitro groups is 1. The standard InChI is InChI=1S/C51H62N8O8S/c1-33(2)41-7-5-6-8-42(41)45-31-57(34(3)60)21-22-58(45)38-26-51(27-38)16-19-56(20-17-51)37-9-10-43(47(24-37)67-39-23-36-13-18-52-48(36)54-29-39)46(61)32-68(65,66)40-25-44(59(63)64)49(55-30-40)53-28-35-11-14-50(4,62)15-12-35/h5-10,13,18,23-25,29-30,33,35,38,45,62H,11-12,14-17,19-22,26-28,31-32H2,1-4H3,(H,52,54)(H,53,55)/t35?,45-,50?/m0/s1. The molecule has 360 valence electrons. The van der Waals surface area contributed by atoms with Crippen LogP contribution in [-0.2, 0) is 14.6 Å². The summed E-state index contributed by atoms with van der Waals surface area (Å²) in [6.45, 7) is 12.2. The lowest BCUT2D eigenvalue weighted by Crippen LogP contribution is -2.60. The highest BCUT2D eigenvalue weighted by molar-refractivity contribution is 7.92. The molecule has 5 heterocycles. The fourth-order valence-electron chi connectivity index (χ4n) is 11.0. The van der Waals surface area contributed by atoms with Crippen molar-refractivity contribution in [2.24, 2.45) is 11.3 Å². The van der Waals surface area contributed by atoms with Crippen molar-refractivity contribution in [2.75, 3.05) is 55.2 Å². The van der Waals surface area contributed by atoms with E-state index in [1.54, 1.807) is 44.4 Å². The maximum Gasteiger partial charge on any atom is 0.312 e. The summed E-state index contributed by atoms with van der Waals surface area (Å²) < 4.78 is 34.1. The highest BCUT2D eigenvalue weighted by Crippen LogP contribution is 2.53. The first-order valence-electron chi connectivity index (χ1n) is 23.9. The number of ether oxygens (including phenoxy) is 1. The van der Waals surface area contributed by atoms with Crippen molar-refractivity contribution in [1.29, 1.82) is 0 Å². The summed E-state index contributed by atoms with van der Waals surface area (Å²) in [4.78, 5) is 56.3. The second-order valence-corrected chi connectivity index (χ2v) is 22.2. The fourth-order valence-corrected chi connectivity index (χ4v) is 12.2. The lowest BCUT2D eigenvalue weighted by molar-refractivity contribution is -0.384. The number of rotatable bonds is 14. The normalized spacial score (nSPS) is 22.3. The Balaban J connectivity index is 0.901. The summed E-state index contributed by atoms with van der Waals surface area (Å²) >= 11 is 0. The number of piperazine rings is 1. The predicted octanol–water partition coefficient (Wildman–Crippen LogP) is 8.45. The van der Waals surface area contributed by atoms with Gasteiger partial charge in [-0.05, 0) is 111 Å². The van der Waals surface area contributed by atoms with Crippen LogP contribution in [0.5, 0.6) is 11.5 Å². The number of fused-ring (bicyclic) bond motifs is 1. The molecular formula is C51H62N8O8S. The number of aromatic amines is 1. The minimum Gasteiger partial charge on any atom is -0.455 e. The van der Waals surface area contributed by atoms with Crippen LogP contribution in [0.1, 0.15) is 113 Å². The zero-order valence-corrected chi connectivity index (χ0v) is 40.1. The van der Waals surface area contributed by atoms with Gasteiger partial charge in [-0.1, -0.05) is 38.1 Å². The maximum atomic E-state index is 14.1. The van der Waals surface area contributed by atoms with E-state index >= 15 is 0 Å². The number of anilines is 2. The van der Waals surface area contributed by atoms with Gasteiger partial charge in [0.2, 0.25) is 11.7 Å². The number of nitrogens with one attached hydrogen (secondary N) is 2. The van der Waals surface area contributed by atoms with E-state index in [0.29, 0.717) is 49.3 Å². The number of Topliss-reactive ketones (excluding diaryl/α,β-unsaturated/α-hetero) is 1. The minimum atomic E-state index is -4.40. The molecule has 4 aliphatic rings. The molecule has 16 nitrogen and oxygen atoms in total. The van der Waals surface area contributed by atoms with E-state index in [0.717, 1.165) is 88.0 Å². The van der Waals surface area contributed by atoms with E-state index in [-0.39, 0.29) is 40.4 Å². The summed E-state index contributed by atoms with van der Waals surface area (Å²) in [5, 5.41) is 26.3. The Morgan fingerprint density at radius 2 is 1.74 bits per heavy atom. The number of ketones is 1. The molecule has 9 rings (SSSR count). The quantitative estimate of drug-likeness (QED) is 0.0544. The number of amides is 1. The highest BCUT2D eigenvalue weighted by Gasteiger charge is 2.50. The van der Waals surface area contributed by atoms with Gasteiger partial charge in [0.1, 0.15) is 22.9 Å². The second kappa shape index (κ2) is 18.9. The molecule has 1 atom stereocenters. The van der Waals surface area contributed by atoms with Gasteiger partial charge in [-0.15, -0.1) is 0 Å². The van der Waals surface area contributed by atoms with Crippen LogP contribution in [0.25, 0.3) is 11.0 Å². The maximum absolute atomic E-state index is 14.1. The van der Waals surface area contributed by atoms with Crippen LogP contribution >= 0.6 is 0 Å². The van der Waals surface area contributed by atoms with Gasteiger partial charge < -0.3 is 29.9 Å². The molecule has 3 N–H and O–H groups in total. The van der Waals surface area contributed by atoms with Gasteiger partial charge in [-0.25, -0.2) is 18.4 Å². The Morgan fingerprint density at radius 3 is 2.46 bits per heavy atom. The molecule has 0 bridgehead atoms. The zero-order chi connectivity index (χ0) is 48.0. The Labute approximate surface area is 397 Å². The number of aliphatic hydroxyl groups is 1. The molecule has 0 unspecified atom stereocenters. The Bertz CT molecular complexity index is 2800. The fraction of sp³-hybridized carbons (Fsp3) is 0.490. The number of sulfone groups is 1. The molecule has 4 fully saturated rings. The summed E-state index contributed by atoms with van der Waals surface area (Å²) in [5.74, 6) is -0.562. The predicted molar refractivity (Wildman–Crippen MR) is 260 cm³/mol. The van der Waals surface area contributed by atoms with E-state index in [9.17, 15) is 33.2 Å². The van der Waals surface area contributed by atoms with Gasteiger partial charge in [-0.2, -0.15) is 0 Å². The van der Waals surface area contributed by atoms with E-state index in [1.807, 2.05) is 17.0 Å². The van der Waals surface area contributed by atoms with Crippen LogP contribution in [0, 0.1) is 21.4 Å². The van der Waals surface area contributed by atoms with Gasteiger partial charge in [0.25, 0.3) is 0 Å². The molecule has 17 heteroatoms. The topological polar surface area (TPSA) is 204 Å². The van der Waals surface area contributed by atoms with Crippen LogP contribution in [-0.4, -0.2) is 112 Å². The van der Waals surface area contributed by atoms with Crippen LogP contribution in [0.3, 0.4) is 0 Å². The van der Waals surface area contributed by atoms with Crippen LogP contribution in [0.2, 0.25) is 0 Å². The summed E-state index contributed by atoms with van der Waals surface area (Å²) in [6, 6.07) is 19.1. The molecule has 1 spiro atoms. The number of pyridine rings is 2. The molecule has 2 saturated carbocycles. The zero-order valence-electron chi connectivity index (χ0n) is 39.3. The lowest BCUT2D eigenvalue weighted by atomic mass is 9.59. The Morgan fingerprint density at radius 1 is 0.985 bits per heavy atom. The summed E-state index contributed by atoms with van der Waals surface area (Å²) in [7, 11) is -4.40. The Hall–Kier alpha value is -5.91. The van der Waals surface area contributed by atoms with Crippen LogP contribution < -0.4 is 15.0 Å². The van der Waals surface area contributed by atoms with Gasteiger partial charge >= 0.3 is 5.69 Å². The largest absolute Gasteiger partial charge is 0.455 e. The third-order valence-corrected chi connectivity index (χ3v) is 16.8. The average molecular weight is 947 g/mol. The van der Waals surface area contributed by atoms with Gasteiger partial charge in [0.05, 0.1) is 33.2 Å². The average Bonchev–Trinajstić information content (AvgIpc) is 3.78. The highest BCUT2D eigenvalue weighted by atomic mass is 32.2. The van der Waals surface area contributed by atoms with Gasteiger partial charge in [0.15, 0.2) is 15.6 Å². The number of carbonyl (C=O) groups excluding carboxylic acids is 2. The minimum absolute atomic E-state index is 0.0486. The molecule has 2 saturated heterocycles. The third kappa shape index (κ3) is 9.97. The molecule has 2 aliphatic carbocycles. The molecular weight excluding hydrogens is 885 g/mol. The number of benzene rings is 2. The molecule has 68 heavy (non-hydrogen) atoms. The SMILES string of the molecule is CC(=O)N1CCN(C2CC3(CCN(c4ccc(C(=O)CS(=O)(=O)c5cnc(NCC6CCC(C)(O)CC6)c([N+](=O)[O-])c5)c(Oc5cnc6[nH]ccc6c5)c4)CC3)C2)[C@H](c2ccccc2C(C)C)C1. The van der Waals surface area contributed by atoms with Crippen molar-refractivity contribution < 1.29 is 32.8 Å². The number of piperidine rings is 1. The number of aromatic nitrogens is 3. The van der Waals surface area contributed by atoms with Gasteiger partial charge in [-0.3, -0.25) is 24.6 Å². The van der Waals surface area contributed by atoms with Crippen LogP contribution in [0.4, 0.5) is 17.2 Å². The van der Waals surface area contributed by atoms with E-state index in [2.05, 4.69) is 68.2 Å². The van der Waals surface area contributed by atoms with E-state index in [1.165, 1.54) is 11.1 Å². The second-order valence-electron chi connectivity index (χ2n) is 20.2. The number of hydrogen-bond acceptors (Lipinski definition) is 13. The van der Waals surface area contributed by atoms with E-state index in [4.69, 9.17) is 4.74 Å². The molecule has 2 aliphatic heterocycles. The van der Waals surface area contributed by atoms with Crippen molar-refractivity contribution in [3.8, 4) is 11.5 Å². The van der Waals surface area contributed by atoms with Crippen molar-refractivity contribution in [3.05, 3.63) is 106 Å². The lowest BCUT2D eigenvalue weighted by Gasteiger charge is -2.58. The molecule has 5 aromatic rings. The number of carbonyl (C=O) groups is 2. The van der Waals surface area contributed by atoms with E-state index < -0.39 is 42.5 Å². The number of nitrogens with zero attached hydrogens (tertiary/aromatic N) is 6. The molecule has 0 radical (unpaired) electrons. The first-order chi connectivity index (χ1) is 32.5. The van der Waals surface area contributed by atoms with Crippen molar-refractivity contribution >= 4 is 49.8 Å². The first kappa shape index (κ1) is 47.2. The first-order valence-corrected chi connectivity index (χ1v) is 25.6. The number of H-pyrrole nitrogens is 1. The molecule has 2 aromatic carbocycles.